The van der Waals surface area contributed by atoms with E-state index in [4.69, 9.17) is 4.74 Å². The number of hydrogen-bond acceptors (Lipinski definition) is 4. The SMILES string of the molecule is CCOC(=O)c1cccc(C(=O)NC2CC3(CCN(C(=O)c4cccc(C(F)c5cccc(F)c5)c4)CC3)C2)c1F. The lowest BCUT2D eigenvalue weighted by atomic mass is 9.60. The molecule has 0 aromatic heterocycles. The van der Waals surface area contributed by atoms with Gasteiger partial charge in [-0.25, -0.2) is 18.0 Å². The summed E-state index contributed by atoms with van der Waals surface area (Å²) in [7, 11) is 0. The largest absolute Gasteiger partial charge is 0.462 e. The standard InChI is InChI=1S/C32H31F3N2O4/c1-2-41-31(40)26-11-5-10-25(28(26)35)29(38)36-24-18-32(19-24)12-14-37(15-13-32)30(39)22-8-3-6-20(16-22)27(34)21-7-4-9-23(33)17-21/h3-11,16-17,24,27H,2,12-15,18-19H2,1H3,(H,36,38). The van der Waals surface area contributed by atoms with Crippen molar-refractivity contribution in [3.8, 4) is 0 Å². The van der Waals surface area contributed by atoms with Gasteiger partial charge in [-0.1, -0.05) is 30.3 Å². The van der Waals surface area contributed by atoms with Crippen molar-refractivity contribution in [3.63, 3.8) is 0 Å². The highest BCUT2D eigenvalue weighted by atomic mass is 19.1. The van der Waals surface area contributed by atoms with Gasteiger partial charge in [-0.15, -0.1) is 0 Å². The van der Waals surface area contributed by atoms with Crippen LogP contribution in [0.5, 0.6) is 0 Å². The topological polar surface area (TPSA) is 75.7 Å². The zero-order valence-corrected chi connectivity index (χ0v) is 22.7. The number of likely N-dealkylation sites (tertiary alicyclic amines) is 1. The highest BCUT2D eigenvalue weighted by Crippen LogP contribution is 2.49. The summed E-state index contributed by atoms with van der Waals surface area (Å²) in [4.78, 5) is 39.7. The fraction of sp³-hybridized carbons (Fsp3) is 0.344. The van der Waals surface area contributed by atoms with E-state index in [0.717, 1.165) is 18.9 Å². The average molecular weight is 565 g/mol. The molecule has 1 saturated carbocycles. The number of carbonyl (C=O) groups is 3. The smallest absolute Gasteiger partial charge is 0.341 e. The van der Waals surface area contributed by atoms with Crippen LogP contribution in [0.4, 0.5) is 13.2 Å². The van der Waals surface area contributed by atoms with Crippen LogP contribution < -0.4 is 5.32 Å². The first-order valence-electron chi connectivity index (χ1n) is 13.7. The summed E-state index contributed by atoms with van der Waals surface area (Å²) in [5.41, 5.74) is 0.370. The minimum atomic E-state index is -1.55. The van der Waals surface area contributed by atoms with Crippen molar-refractivity contribution in [2.75, 3.05) is 19.7 Å². The maximum atomic E-state index is 15.1. The van der Waals surface area contributed by atoms with Crippen molar-refractivity contribution in [3.05, 3.63) is 106 Å². The molecule has 0 radical (unpaired) electrons. The predicted molar refractivity (Wildman–Crippen MR) is 146 cm³/mol. The molecule has 41 heavy (non-hydrogen) atoms. The van der Waals surface area contributed by atoms with Crippen LogP contribution in [-0.4, -0.2) is 48.4 Å². The Kier molecular flexibility index (Phi) is 8.15. The first kappa shape index (κ1) is 28.4. The molecule has 6 nitrogen and oxygen atoms in total. The van der Waals surface area contributed by atoms with Gasteiger partial charge in [-0.05, 0) is 85.5 Å². The van der Waals surface area contributed by atoms with Gasteiger partial charge in [0.25, 0.3) is 11.8 Å². The van der Waals surface area contributed by atoms with Crippen molar-refractivity contribution < 1.29 is 32.3 Å². The van der Waals surface area contributed by atoms with Crippen molar-refractivity contribution in [1.82, 2.24) is 10.2 Å². The van der Waals surface area contributed by atoms with Gasteiger partial charge in [0.2, 0.25) is 0 Å². The first-order chi connectivity index (χ1) is 19.7. The predicted octanol–water partition coefficient (Wildman–Crippen LogP) is 6.02. The molecule has 9 heteroatoms. The molecule has 1 atom stereocenters. The molecule has 2 aliphatic rings. The van der Waals surface area contributed by atoms with Gasteiger partial charge >= 0.3 is 5.97 Å². The van der Waals surface area contributed by atoms with Crippen LogP contribution in [0.25, 0.3) is 0 Å². The molecular weight excluding hydrogens is 533 g/mol. The molecule has 1 N–H and O–H groups in total. The normalized spacial score (nSPS) is 17.0. The van der Waals surface area contributed by atoms with Crippen LogP contribution >= 0.6 is 0 Å². The van der Waals surface area contributed by atoms with Crippen LogP contribution in [0.1, 0.15) is 81.0 Å². The molecule has 1 spiro atoms. The molecule has 0 bridgehead atoms. The fourth-order valence-electron chi connectivity index (χ4n) is 5.89. The number of nitrogens with zero attached hydrogens (tertiary/aromatic N) is 1. The Bertz CT molecular complexity index is 1460. The van der Waals surface area contributed by atoms with Gasteiger partial charge in [-0.2, -0.15) is 0 Å². The number of amides is 2. The highest BCUT2D eigenvalue weighted by molar-refractivity contribution is 5.98. The average Bonchev–Trinajstić information content (AvgIpc) is 2.96. The van der Waals surface area contributed by atoms with E-state index >= 15 is 4.39 Å². The Morgan fingerprint density at radius 1 is 0.951 bits per heavy atom. The highest BCUT2D eigenvalue weighted by Gasteiger charge is 2.47. The van der Waals surface area contributed by atoms with Gasteiger partial charge < -0.3 is 15.0 Å². The number of halogens is 3. The van der Waals surface area contributed by atoms with Crippen LogP contribution in [0.3, 0.4) is 0 Å². The van der Waals surface area contributed by atoms with E-state index in [1.54, 1.807) is 30.0 Å². The molecule has 3 aromatic rings. The number of nitrogens with one attached hydrogen (secondary N) is 1. The summed E-state index contributed by atoms with van der Waals surface area (Å²) in [6.07, 6.45) is 1.39. The van der Waals surface area contributed by atoms with E-state index in [9.17, 15) is 23.2 Å². The lowest BCUT2D eigenvalue weighted by Gasteiger charge is -2.52. The summed E-state index contributed by atoms with van der Waals surface area (Å²) >= 11 is 0. The molecule has 2 fully saturated rings. The number of alkyl halides is 1. The maximum Gasteiger partial charge on any atom is 0.341 e. The van der Waals surface area contributed by atoms with Crippen LogP contribution in [0, 0.1) is 17.0 Å². The van der Waals surface area contributed by atoms with Gasteiger partial charge in [-0.3, -0.25) is 9.59 Å². The van der Waals surface area contributed by atoms with E-state index in [0.29, 0.717) is 31.5 Å². The number of rotatable bonds is 7. The van der Waals surface area contributed by atoms with E-state index in [1.165, 1.54) is 42.5 Å². The van der Waals surface area contributed by atoms with Crippen molar-refractivity contribution in [2.45, 2.75) is 44.8 Å². The lowest BCUT2D eigenvalue weighted by molar-refractivity contribution is 0.00859. The zero-order valence-electron chi connectivity index (χ0n) is 22.7. The summed E-state index contributed by atoms with van der Waals surface area (Å²) in [6, 6.07) is 15.7. The molecular formula is C32H31F3N2O4. The number of carbonyl (C=O) groups excluding carboxylic acids is 3. The van der Waals surface area contributed by atoms with E-state index < -0.39 is 29.7 Å². The molecule has 5 rings (SSSR count). The summed E-state index contributed by atoms with van der Waals surface area (Å²) in [5, 5.41) is 2.87. The zero-order chi connectivity index (χ0) is 29.1. The third kappa shape index (κ3) is 5.99. The van der Waals surface area contributed by atoms with Gasteiger partial charge in [0.1, 0.15) is 11.6 Å². The molecule has 1 heterocycles. The quantitative estimate of drug-likeness (QED) is 0.357. The van der Waals surface area contributed by atoms with Gasteiger partial charge in [0.05, 0.1) is 17.7 Å². The van der Waals surface area contributed by atoms with Crippen LogP contribution in [0.2, 0.25) is 0 Å². The Hall–Kier alpha value is -4.14. The molecule has 1 unspecified atom stereocenters. The van der Waals surface area contributed by atoms with E-state index in [-0.39, 0.29) is 46.2 Å². The minimum Gasteiger partial charge on any atom is -0.462 e. The van der Waals surface area contributed by atoms with Crippen molar-refractivity contribution >= 4 is 17.8 Å². The third-order valence-electron chi connectivity index (χ3n) is 8.11. The second kappa shape index (κ2) is 11.8. The Balaban J connectivity index is 1.15. The maximum absolute atomic E-state index is 15.1. The lowest BCUT2D eigenvalue weighted by Crippen LogP contribution is -2.55. The second-order valence-corrected chi connectivity index (χ2v) is 10.8. The Morgan fingerprint density at radius 3 is 2.27 bits per heavy atom. The van der Waals surface area contributed by atoms with E-state index in [1.807, 2.05) is 0 Å². The van der Waals surface area contributed by atoms with Gasteiger partial charge in [0.15, 0.2) is 6.17 Å². The fourth-order valence-corrected chi connectivity index (χ4v) is 5.89. The molecule has 1 aliphatic heterocycles. The van der Waals surface area contributed by atoms with Crippen LogP contribution in [0.15, 0.2) is 66.7 Å². The second-order valence-electron chi connectivity index (χ2n) is 10.8. The number of hydrogen-bond donors (Lipinski definition) is 1. The first-order valence-corrected chi connectivity index (χ1v) is 13.7. The Morgan fingerprint density at radius 2 is 1.59 bits per heavy atom. The molecule has 3 aromatic carbocycles. The third-order valence-corrected chi connectivity index (χ3v) is 8.11. The summed E-state index contributed by atoms with van der Waals surface area (Å²) < 4.78 is 48.3. The van der Waals surface area contributed by atoms with Crippen LogP contribution in [-0.2, 0) is 4.74 Å². The molecule has 214 valence electrons. The molecule has 2 amide bonds. The number of esters is 1. The number of ether oxygens (including phenoxy) is 1. The molecule has 1 aliphatic carbocycles. The Labute approximate surface area is 236 Å². The number of benzene rings is 3. The van der Waals surface area contributed by atoms with Gasteiger partial charge in [0, 0.05) is 24.7 Å². The minimum absolute atomic E-state index is 0.0106. The summed E-state index contributed by atoms with van der Waals surface area (Å²) in [6.45, 7) is 2.78. The summed E-state index contributed by atoms with van der Waals surface area (Å²) in [5.74, 6) is -3.00. The monoisotopic (exact) mass is 564 g/mol. The molecule has 1 saturated heterocycles. The van der Waals surface area contributed by atoms with Crippen molar-refractivity contribution in [2.24, 2.45) is 5.41 Å². The van der Waals surface area contributed by atoms with Crippen molar-refractivity contribution in [1.29, 1.82) is 0 Å². The van der Waals surface area contributed by atoms with E-state index in [2.05, 4.69) is 5.32 Å². The number of piperidine rings is 1.